The summed E-state index contributed by atoms with van der Waals surface area (Å²) in [7, 11) is -4.30. The predicted octanol–water partition coefficient (Wildman–Crippen LogP) is -0.0401. The van der Waals surface area contributed by atoms with E-state index in [0.717, 1.165) is 0 Å². The lowest BCUT2D eigenvalue weighted by molar-refractivity contribution is 0.147. The van der Waals surface area contributed by atoms with Gasteiger partial charge in [0.05, 0.1) is 10.5 Å². The summed E-state index contributed by atoms with van der Waals surface area (Å²) in [5.74, 6) is 0. The molecule has 78 valence electrons. The van der Waals surface area contributed by atoms with Crippen molar-refractivity contribution in [3.05, 3.63) is 28.2 Å². The number of sulfonamides is 1. The molecule has 0 atom stereocenters. The Morgan fingerprint density at radius 2 is 2.00 bits per heavy atom. The molecule has 0 aromatic carbocycles. The zero-order valence-corrected chi connectivity index (χ0v) is 7.51. The molecule has 0 saturated heterocycles. The predicted molar refractivity (Wildman–Crippen MR) is 43.4 cm³/mol. The zero-order valence-electron chi connectivity index (χ0n) is 6.70. The molecular formula is C6H6F2N2O3S. The average Bonchev–Trinajstić information content (AvgIpc) is 2.01. The summed E-state index contributed by atoms with van der Waals surface area (Å²) >= 11 is 0. The van der Waals surface area contributed by atoms with Crippen LogP contribution in [0.4, 0.5) is 8.78 Å². The van der Waals surface area contributed by atoms with Gasteiger partial charge in [-0.15, -0.1) is 0 Å². The fourth-order valence-corrected chi connectivity index (χ4v) is 1.63. The van der Waals surface area contributed by atoms with Gasteiger partial charge in [0, 0.05) is 12.3 Å². The Labute approximate surface area is 77.6 Å². The number of primary sulfonamides is 1. The SMILES string of the molecule is NS(=O)(=O)c1cc(=O)[nH]cc1C(F)F. The second-order valence-corrected chi connectivity index (χ2v) is 3.99. The number of alkyl halides is 2. The topological polar surface area (TPSA) is 93.0 Å². The molecule has 8 heteroatoms. The summed E-state index contributed by atoms with van der Waals surface area (Å²) in [4.78, 5) is 11.8. The molecule has 0 radical (unpaired) electrons. The van der Waals surface area contributed by atoms with Crippen LogP contribution < -0.4 is 10.7 Å². The molecule has 0 unspecified atom stereocenters. The molecule has 0 aliphatic carbocycles. The van der Waals surface area contributed by atoms with Crippen LogP contribution in [-0.2, 0) is 10.0 Å². The van der Waals surface area contributed by atoms with Crippen LogP contribution in [0.25, 0.3) is 0 Å². The normalized spacial score (nSPS) is 12.0. The maximum absolute atomic E-state index is 12.2. The van der Waals surface area contributed by atoms with E-state index in [1.807, 2.05) is 4.98 Å². The molecule has 1 rings (SSSR count). The molecule has 0 aliphatic heterocycles. The lowest BCUT2D eigenvalue weighted by Gasteiger charge is -2.04. The van der Waals surface area contributed by atoms with Crippen LogP contribution in [0.1, 0.15) is 12.0 Å². The number of aromatic nitrogens is 1. The summed E-state index contributed by atoms with van der Waals surface area (Å²) < 4.78 is 46.1. The molecule has 1 heterocycles. The number of H-pyrrole nitrogens is 1. The minimum atomic E-state index is -4.30. The Hall–Kier alpha value is -1.28. The first kappa shape index (κ1) is 10.8. The standard InChI is InChI=1S/C6H6F2N2O3S/c7-6(8)3-2-10-5(11)1-4(3)14(9,12)13/h1-2,6H,(H,10,11)(H2,9,12,13). The zero-order chi connectivity index (χ0) is 10.9. The Kier molecular flexibility index (Phi) is 2.67. The monoisotopic (exact) mass is 224 g/mol. The highest BCUT2D eigenvalue weighted by atomic mass is 32.2. The van der Waals surface area contributed by atoms with Gasteiger partial charge in [-0.25, -0.2) is 22.3 Å². The molecule has 3 N–H and O–H groups in total. The quantitative estimate of drug-likeness (QED) is 0.738. The van der Waals surface area contributed by atoms with Gasteiger partial charge in [0.2, 0.25) is 15.6 Å². The third-order valence-electron chi connectivity index (χ3n) is 1.46. The third-order valence-corrected chi connectivity index (χ3v) is 2.42. The highest BCUT2D eigenvalue weighted by Crippen LogP contribution is 2.23. The summed E-state index contributed by atoms with van der Waals surface area (Å²) in [6, 6.07) is 0.525. The minimum absolute atomic E-state index is 0.525. The second kappa shape index (κ2) is 3.46. The molecule has 0 amide bonds. The summed E-state index contributed by atoms with van der Waals surface area (Å²) in [5.41, 5.74) is -1.62. The van der Waals surface area contributed by atoms with Gasteiger partial charge in [-0.1, -0.05) is 0 Å². The summed E-state index contributed by atoms with van der Waals surface area (Å²) in [6.45, 7) is 0. The smallest absolute Gasteiger partial charge is 0.266 e. The van der Waals surface area contributed by atoms with Crippen molar-refractivity contribution < 1.29 is 17.2 Å². The van der Waals surface area contributed by atoms with Crippen LogP contribution in [0.2, 0.25) is 0 Å². The van der Waals surface area contributed by atoms with Crippen LogP contribution >= 0.6 is 0 Å². The van der Waals surface area contributed by atoms with Crippen molar-refractivity contribution in [3.8, 4) is 0 Å². The summed E-state index contributed by atoms with van der Waals surface area (Å²) in [6.07, 6.45) is -2.38. The van der Waals surface area contributed by atoms with E-state index in [9.17, 15) is 22.0 Å². The van der Waals surface area contributed by atoms with Crippen molar-refractivity contribution in [3.63, 3.8) is 0 Å². The Bertz CT molecular complexity index is 494. The Morgan fingerprint density at radius 3 is 2.43 bits per heavy atom. The minimum Gasteiger partial charge on any atom is -0.329 e. The van der Waals surface area contributed by atoms with Gasteiger partial charge in [0.25, 0.3) is 6.43 Å². The second-order valence-electron chi connectivity index (χ2n) is 2.46. The molecular weight excluding hydrogens is 218 g/mol. The fourth-order valence-electron chi connectivity index (χ4n) is 0.881. The van der Waals surface area contributed by atoms with Crippen molar-refractivity contribution in [2.75, 3.05) is 0 Å². The number of rotatable bonds is 2. The number of hydrogen-bond acceptors (Lipinski definition) is 3. The van der Waals surface area contributed by atoms with E-state index >= 15 is 0 Å². The number of nitrogens with one attached hydrogen (secondary N) is 1. The number of hydrogen-bond donors (Lipinski definition) is 2. The van der Waals surface area contributed by atoms with Gasteiger partial charge < -0.3 is 4.98 Å². The number of nitrogens with two attached hydrogens (primary N) is 1. The highest BCUT2D eigenvalue weighted by Gasteiger charge is 2.20. The van der Waals surface area contributed by atoms with Crippen LogP contribution in [0, 0.1) is 0 Å². The van der Waals surface area contributed by atoms with E-state index in [1.165, 1.54) is 0 Å². The number of aromatic amines is 1. The van der Waals surface area contributed by atoms with Crippen molar-refractivity contribution in [1.29, 1.82) is 0 Å². The molecule has 1 aromatic rings. The first-order valence-electron chi connectivity index (χ1n) is 3.36. The van der Waals surface area contributed by atoms with E-state index in [0.29, 0.717) is 12.3 Å². The Balaban J connectivity index is 3.54. The lowest BCUT2D eigenvalue weighted by atomic mass is 10.3. The number of pyridine rings is 1. The van der Waals surface area contributed by atoms with E-state index in [1.54, 1.807) is 0 Å². The molecule has 0 fully saturated rings. The van der Waals surface area contributed by atoms with Gasteiger partial charge in [0.1, 0.15) is 0 Å². The van der Waals surface area contributed by atoms with E-state index in [-0.39, 0.29) is 0 Å². The molecule has 0 aliphatic rings. The van der Waals surface area contributed by atoms with Crippen LogP contribution in [0.15, 0.2) is 22.0 Å². The van der Waals surface area contributed by atoms with Gasteiger partial charge in [-0.2, -0.15) is 0 Å². The van der Waals surface area contributed by atoms with Crippen molar-refractivity contribution in [2.24, 2.45) is 5.14 Å². The molecule has 0 spiro atoms. The molecule has 0 saturated carbocycles. The first-order chi connectivity index (χ1) is 6.32. The molecule has 0 bridgehead atoms. The molecule has 5 nitrogen and oxygen atoms in total. The Morgan fingerprint density at radius 1 is 1.43 bits per heavy atom. The van der Waals surface area contributed by atoms with E-state index in [4.69, 9.17) is 0 Å². The molecule has 1 aromatic heterocycles. The van der Waals surface area contributed by atoms with E-state index in [2.05, 4.69) is 5.14 Å². The first-order valence-corrected chi connectivity index (χ1v) is 4.90. The van der Waals surface area contributed by atoms with Crippen molar-refractivity contribution in [2.45, 2.75) is 11.3 Å². The fraction of sp³-hybridized carbons (Fsp3) is 0.167. The highest BCUT2D eigenvalue weighted by molar-refractivity contribution is 7.89. The van der Waals surface area contributed by atoms with Gasteiger partial charge in [-0.3, -0.25) is 4.79 Å². The van der Waals surface area contributed by atoms with E-state index < -0.39 is 32.5 Å². The summed E-state index contributed by atoms with van der Waals surface area (Å²) in [5, 5.41) is 4.65. The average molecular weight is 224 g/mol. The van der Waals surface area contributed by atoms with Crippen LogP contribution in [0.3, 0.4) is 0 Å². The maximum Gasteiger partial charge on any atom is 0.266 e. The number of halogens is 2. The molecule has 14 heavy (non-hydrogen) atoms. The van der Waals surface area contributed by atoms with Crippen LogP contribution in [-0.4, -0.2) is 13.4 Å². The van der Waals surface area contributed by atoms with Crippen molar-refractivity contribution >= 4 is 10.0 Å². The van der Waals surface area contributed by atoms with Crippen LogP contribution in [0.5, 0.6) is 0 Å². The van der Waals surface area contributed by atoms with Gasteiger partial charge >= 0.3 is 0 Å². The largest absolute Gasteiger partial charge is 0.329 e. The van der Waals surface area contributed by atoms with Crippen molar-refractivity contribution in [1.82, 2.24) is 4.98 Å². The third kappa shape index (κ3) is 2.15. The van der Waals surface area contributed by atoms with Gasteiger partial charge in [-0.05, 0) is 0 Å². The lowest BCUT2D eigenvalue weighted by Crippen LogP contribution is -2.19. The maximum atomic E-state index is 12.2. The van der Waals surface area contributed by atoms with Gasteiger partial charge in [0.15, 0.2) is 0 Å².